The third-order valence-corrected chi connectivity index (χ3v) is 2.59. The number of tetrazole rings is 1. The summed E-state index contributed by atoms with van der Waals surface area (Å²) in [6.45, 7) is 0.294. The molecular weight excluding hydrogens is 262 g/mol. The summed E-state index contributed by atoms with van der Waals surface area (Å²) in [6, 6.07) is 6.83. The van der Waals surface area contributed by atoms with Gasteiger partial charge < -0.3 is 15.2 Å². The molecule has 2 aromatic rings. The van der Waals surface area contributed by atoms with Crippen LogP contribution in [0.2, 0.25) is 0 Å². The van der Waals surface area contributed by atoms with Crippen LogP contribution in [-0.2, 0) is 4.74 Å². The summed E-state index contributed by atoms with van der Waals surface area (Å²) in [5.74, 6) is 0.129. The number of carbonyl (C=O) groups is 1. The Hall–Kier alpha value is -2.32. The van der Waals surface area contributed by atoms with E-state index in [2.05, 4.69) is 25.9 Å². The summed E-state index contributed by atoms with van der Waals surface area (Å²) < 4.78 is 4.78. The minimum atomic E-state index is -0.732. The van der Waals surface area contributed by atoms with E-state index in [1.54, 1.807) is 24.3 Å². The van der Waals surface area contributed by atoms with Gasteiger partial charge in [0, 0.05) is 24.8 Å². The number of benzene rings is 1. The van der Waals surface area contributed by atoms with Crippen molar-refractivity contribution in [3.05, 3.63) is 29.8 Å². The molecule has 1 aromatic carbocycles. The number of ether oxygens (including phenoxy) is 1. The number of nitrogens with one attached hydrogen (secondary N) is 2. The predicted molar refractivity (Wildman–Crippen MR) is 69.8 cm³/mol. The zero-order valence-electron chi connectivity index (χ0n) is 10.9. The average Bonchev–Trinajstić information content (AvgIpc) is 2.99. The van der Waals surface area contributed by atoms with Gasteiger partial charge >= 0.3 is 0 Å². The van der Waals surface area contributed by atoms with Crippen molar-refractivity contribution in [1.82, 2.24) is 25.9 Å². The number of rotatable bonds is 6. The van der Waals surface area contributed by atoms with Gasteiger partial charge in [0.15, 0.2) is 0 Å². The summed E-state index contributed by atoms with van der Waals surface area (Å²) in [5.41, 5.74) is 1.14. The molecule has 1 amide bonds. The van der Waals surface area contributed by atoms with Crippen molar-refractivity contribution in [2.45, 2.75) is 6.10 Å². The molecule has 3 N–H and O–H groups in total. The molecule has 1 aromatic heterocycles. The Kier molecular flexibility index (Phi) is 4.75. The van der Waals surface area contributed by atoms with Crippen LogP contribution in [0.15, 0.2) is 24.3 Å². The van der Waals surface area contributed by atoms with Crippen molar-refractivity contribution < 1.29 is 14.6 Å². The van der Waals surface area contributed by atoms with Crippen LogP contribution in [0.5, 0.6) is 0 Å². The van der Waals surface area contributed by atoms with Crippen LogP contribution >= 0.6 is 0 Å². The molecule has 0 radical (unpaired) electrons. The number of H-pyrrole nitrogens is 1. The van der Waals surface area contributed by atoms with Gasteiger partial charge in [-0.3, -0.25) is 4.79 Å². The third-order valence-electron chi connectivity index (χ3n) is 2.59. The van der Waals surface area contributed by atoms with Gasteiger partial charge in [0.1, 0.15) is 0 Å². The minimum absolute atomic E-state index is 0.124. The highest BCUT2D eigenvalue weighted by molar-refractivity contribution is 5.95. The number of nitrogens with zero attached hydrogens (tertiary/aromatic N) is 3. The van der Waals surface area contributed by atoms with Crippen LogP contribution in [0.1, 0.15) is 10.4 Å². The van der Waals surface area contributed by atoms with Crippen LogP contribution in [-0.4, -0.2) is 58.0 Å². The molecule has 1 atom stereocenters. The van der Waals surface area contributed by atoms with Crippen LogP contribution in [0.4, 0.5) is 0 Å². The second-order valence-electron chi connectivity index (χ2n) is 4.14. The fourth-order valence-electron chi connectivity index (χ4n) is 1.65. The first-order valence-electron chi connectivity index (χ1n) is 6.00. The van der Waals surface area contributed by atoms with E-state index >= 15 is 0 Å². The van der Waals surface area contributed by atoms with E-state index in [1.165, 1.54) is 7.11 Å². The SMILES string of the molecule is COCC(O)CNC(=O)c1cccc(-c2nn[nH]n2)c1. The molecule has 0 saturated carbocycles. The van der Waals surface area contributed by atoms with E-state index in [9.17, 15) is 9.90 Å². The Morgan fingerprint density at radius 2 is 2.40 bits per heavy atom. The molecule has 8 heteroatoms. The largest absolute Gasteiger partial charge is 0.389 e. The van der Waals surface area contributed by atoms with Gasteiger partial charge in [-0.15, -0.1) is 10.2 Å². The molecule has 0 aliphatic heterocycles. The van der Waals surface area contributed by atoms with Gasteiger partial charge in [-0.25, -0.2) is 0 Å². The van der Waals surface area contributed by atoms with Crippen LogP contribution in [0.3, 0.4) is 0 Å². The molecule has 0 saturated heterocycles. The Morgan fingerprint density at radius 3 is 3.10 bits per heavy atom. The maximum absolute atomic E-state index is 11.9. The van der Waals surface area contributed by atoms with Crippen LogP contribution in [0, 0.1) is 0 Å². The Labute approximate surface area is 115 Å². The zero-order valence-corrected chi connectivity index (χ0v) is 10.9. The molecule has 20 heavy (non-hydrogen) atoms. The zero-order chi connectivity index (χ0) is 14.4. The lowest BCUT2D eigenvalue weighted by atomic mass is 10.1. The highest BCUT2D eigenvalue weighted by atomic mass is 16.5. The summed E-state index contributed by atoms with van der Waals surface area (Å²) in [4.78, 5) is 11.9. The van der Waals surface area contributed by atoms with E-state index in [0.717, 1.165) is 0 Å². The summed E-state index contributed by atoms with van der Waals surface area (Å²) >= 11 is 0. The molecule has 106 valence electrons. The van der Waals surface area contributed by atoms with Gasteiger partial charge in [-0.2, -0.15) is 5.21 Å². The van der Waals surface area contributed by atoms with Crippen LogP contribution < -0.4 is 5.32 Å². The number of aromatic nitrogens is 4. The van der Waals surface area contributed by atoms with Gasteiger partial charge in [-0.05, 0) is 17.3 Å². The van der Waals surface area contributed by atoms with E-state index < -0.39 is 6.10 Å². The highest BCUT2D eigenvalue weighted by Gasteiger charge is 2.11. The summed E-state index contributed by atoms with van der Waals surface area (Å²) in [6.07, 6.45) is -0.732. The molecule has 1 heterocycles. The van der Waals surface area contributed by atoms with Gasteiger partial charge in [0.25, 0.3) is 5.91 Å². The molecular formula is C12H15N5O3. The van der Waals surface area contributed by atoms with Crippen molar-refractivity contribution >= 4 is 5.91 Å². The summed E-state index contributed by atoms with van der Waals surface area (Å²) in [7, 11) is 1.49. The smallest absolute Gasteiger partial charge is 0.251 e. The van der Waals surface area contributed by atoms with Crippen molar-refractivity contribution in [2.75, 3.05) is 20.3 Å². The van der Waals surface area contributed by atoms with E-state index in [0.29, 0.717) is 17.0 Å². The molecule has 0 aliphatic rings. The van der Waals surface area contributed by atoms with Gasteiger partial charge in [0.05, 0.1) is 12.7 Å². The van der Waals surface area contributed by atoms with Crippen molar-refractivity contribution in [1.29, 1.82) is 0 Å². The monoisotopic (exact) mass is 277 g/mol. The van der Waals surface area contributed by atoms with Crippen molar-refractivity contribution in [3.63, 3.8) is 0 Å². The Bertz CT molecular complexity index is 558. The fourth-order valence-corrected chi connectivity index (χ4v) is 1.65. The van der Waals surface area contributed by atoms with E-state index in [-0.39, 0.29) is 19.1 Å². The van der Waals surface area contributed by atoms with Crippen molar-refractivity contribution in [2.24, 2.45) is 0 Å². The Balaban J connectivity index is 2.02. The molecule has 1 unspecified atom stereocenters. The first-order valence-corrected chi connectivity index (χ1v) is 6.00. The van der Waals surface area contributed by atoms with E-state index in [1.807, 2.05) is 0 Å². The number of aliphatic hydroxyl groups excluding tert-OH is 1. The number of methoxy groups -OCH3 is 1. The quantitative estimate of drug-likeness (QED) is 0.662. The average molecular weight is 277 g/mol. The molecule has 0 aliphatic carbocycles. The minimum Gasteiger partial charge on any atom is -0.389 e. The molecule has 0 bridgehead atoms. The maximum Gasteiger partial charge on any atom is 0.251 e. The fraction of sp³-hybridized carbons (Fsp3) is 0.333. The normalized spacial score (nSPS) is 12.1. The van der Waals surface area contributed by atoms with Gasteiger partial charge in [-0.1, -0.05) is 12.1 Å². The lowest BCUT2D eigenvalue weighted by Crippen LogP contribution is -2.34. The van der Waals surface area contributed by atoms with Crippen molar-refractivity contribution in [3.8, 4) is 11.4 Å². The number of hydrogen-bond donors (Lipinski definition) is 3. The standard InChI is InChI=1S/C12H15N5O3/c1-20-7-10(18)6-13-12(19)9-4-2-3-8(5-9)11-14-16-17-15-11/h2-5,10,18H,6-7H2,1H3,(H,13,19)(H,14,15,16,17). The third kappa shape index (κ3) is 3.59. The first-order chi connectivity index (χ1) is 9.70. The lowest BCUT2D eigenvalue weighted by molar-refractivity contribution is 0.0610. The highest BCUT2D eigenvalue weighted by Crippen LogP contribution is 2.14. The lowest BCUT2D eigenvalue weighted by Gasteiger charge is -2.10. The predicted octanol–water partition coefficient (Wildman–Crippen LogP) is -0.396. The number of hydrogen-bond acceptors (Lipinski definition) is 6. The topological polar surface area (TPSA) is 113 Å². The maximum atomic E-state index is 11.9. The van der Waals surface area contributed by atoms with Gasteiger partial charge in [0.2, 0.25) is 5.82 Å². The number of aromatic amines is 1. The number of aliphatic hydroxyl groups is 1. The summed E-state index contributed by atoms with van der Waals surface area (Å²) in [5, 5.41) is 25.6. The molecule has 0 fully saturated rings. The number of amides is 1. The molecule has 8 nitrogen and oxygen atoms in total. The second-order valence-corrected chi connectivity index (χ2v) is 4.14. The van der Waals surface area contributed by atoms with Crippen LogP contribution in [0.25, 0.3) is 11.4 Å². The molecule has 2 rings (SSSR count). The number of carbonyl (C=O) groups excluding carboxylic acids is 1. The van der Waals surface area contributed by atoms with E-state index in [4.69, 9.17) is 4.74 Å². The molecule has 0 spiro atoms. The Morgan fingerprint density at radius 1 is 1.55 bits per heavy atom. The first kappa shape index (κ1) is 14.1. The second kappa shape index (κ2) is 6.73.